The second kappa shape index (κ2) is 9.29. The molecule has 0 aliphatic heterocycles. The van der Waals surface area contributed by atoms with Crippen LogP contribution in [0.25, 0.3) is 0 Å². The smallest absolute Gasteiger partial charge is 0.0915 e. The first kappa shape index (κ1) is 15.7. The molecule has 2 aromatic rings. The predicted octanol–water partition coefficient (Wildman–Crippen LogP) is 3.01. The maximum absolute atomic E-state index is 5.51. The first-order valence-electron chi connectivity index (χ1n) is 7.32. The Balaban J connectivity index is 1.93. The van der Waals surface area contributed by atoms with Gasteiger partial charge >= 0.3 is 0 Å². The van der Waals surface area contributed by atoms with Crippen LogP contribution >= 0.6 is 0 Å². The van der Waals surface area contributed by atoms with Crippen molar-refractivity contribution in [3.05, 3.63) is 71.8 Å². The minimum absolute atomic E-state index is 0.242. The molecule has 3 heteroatoms. The molecule has 0 fully saturated rings. The molecule has 0 atom stereocenters. The van der Waals surface area contributed by atoms with Gasteiger partial charge in [0.05, 0.1) is 13.2 Å². The van der Waals surface area contributed by atoms with E-state index in [-0.39, 0.29) is 6.04 Å². The molecule has 0 unspecified atom stereocenters. The summed E-state index contributed by atoms with van der Waals surface area (Å²) >= 11 is 0. The van der Waals surface area contributed by atoms with Gasteiger partial charge in [-0.15, -0.1) is 0 Å². The lowest BCUT2D eigenvalue weighted by molar-refractivity contribution is -0.0117. The Morgan fingerprint density at radius 3 is 1.81 bits per heavy atom. The molecule has 0 heterocycles. The molecule has 0 aliphatic rings. The van der Waals surface area contributed by atoms with E-state index in [1.807, 2.05) is 12.1 Å². The summed E-state index contributed by atoms with van der Waals surface area (Å²) in [5.74, 6) is 0. The van der Waals surface area contributed by atoms with Crippen LogP contribution in [0.5, 0.6) is 0 Å². The molecule has 0 amide bonds. The van der Waals surface area contributed by atoms with Crippen molar-refractivity contribution in [1.29, 1.82) is 0 Å². The molecule has 0 saturated carbocycles. The Labute approximate surface area is 126 Å². The summed E-state index contributed by atoms with van der Waals surface area (Å²) in [6.45, 7) is 1.15. The van der Waals surface area contributed by atoms with Crippen molar-refractivity contribution in [2.24, 2.45) is 0 Å². The highest BCUT2D eigenvalue weighted by atomic mass is 16.7. The van der Waals surface area contributed by atoms with Crippen molar-refractivity contribution in [3.63, 3.8) is 0 Å². The molecule has 1 N–H and O–H groups in total. The monoisotopic (exact) mass is 285 g/mol. The summed E-state index contributed by atoms with van der Waals surface area (Å²) in [7, 11) is 1.68. The SMILES string of the molecule is COCCONC(Cc1ccccc1)Cc1ccccc1. The lowest BCUT2D eigenvalue weighted by atomic mass is 10.00. The minimum atomic E-state index is 0.242. The Hall–Kier alpha value is -1.68. The topological polar surface area (TPSA) is 30.5 Å². The summed E-state index contributed by atoms with van der Waals surface area (Å²) in [4.78, 5) is 5.51. The Bertz CT molecular complexity index is 446. The number of ether oxygens (including phenoxy) is 1. The summed E-state index contributed by atoms with van der Waals surface area (Å²) in [5, 5.41) is 0. The number of rotatable bonds is 9. The van der Waals surface area contributed by atoms with Crippen LogP contribution in [-0.4, -0.2) is 26.4 Å². The number of nitrogens with one attached hydrogen (secondary N) is 1. The molecule has 0 radical (unpaired) electrons. The molecule has 0 aromatic heterocycles. The molecule has 112 valence electrons. The van der Waals surface area contributed by atoms with E-state index in [2.05, 4.69) is 54.0 Å². The van der Waals surface area contributed by atoms with Crippen LogP contribution in [0, 0.1) is 0 Å². The predicted molar refractivity (Wildman–Crippen MR) is 85.0 cm³/mol. The third-order valence-corrected chi connectivity index (χ3v) is 3.29. The van der Waals surface area contributed by atoms with Gasteiger partial charge in [0.15, 0.2) is 0 Å². The number of methoxy groups -OCH3 is 1. The van der Waals surface area contributed by atoms with E-state index >= 15 is 0 Å². The summed E-state index contributed by atoms with van der Waals surface area (Å²) in [6, 6.07) is 21.2. The molecule has 0 spiro atoms. The first-order valence-corrected chi connectivity index (χ1v) is 7.32. The zero-order chi connectivity index (χ0) is 14.8. The van der Waals surface area contributed by atoms with E-state index in [1.54, 1.807) is 7.11 Å². The lowest BCUT2D eigenvalue weighted by Gasteiger charge is -2.19. The van der Waals surface area contributed by atoms with Crippen LogP contribution < -0.4 is 5.48 Å². The Kier molecular flexibility index (Phi) is 6.95. The largest absolute Gasteiger partial charge is 0.382 e. The van der Waals surface area contributed by atoms with Crippen LogP contribution in [-0.2, 0) is 22.4 Å². The lowest BCUT2D eigenvalue weighted by Crippen LogP contribution is -2.34. The fraction of sp³-hybridized carbons (Fsp3) is 0.333. The fourth-order valence-electron chi connectivity index (χ4n) is 2.25. The van der Waals surface area contributed by atoms with E-state index < -0.39 is 0 Å². The molecular weight excluding hydrogens is 262 g/mol. The van der Waals surface area contributed by atoms with Crippen LogP contribution in [0.2, 0.25) is 0 Å². The van der Waals surface area contributed by atoms with Crippen LogP contribution in [0.4, 0.5) is 0 Å². The number of benzene rings is 2. The normalized spacial score (nSPS) is 11.0. The molecule has 21 heavy (non-hydrogen) atoms. The van der Waals surface area contributed by atoms with Gasteiger partial charge in [0, 0.05) is 13.2 Å². The van der Waals surface area contributed by atoms with E-state index in [0.29, 0.717) is 13.2 Å². The van der Waals surface area contributed by atoms with Gasteiger partial charge in [-0.1, -0.05) is 60.7 Å². The van der Waals surface area contributed by atoms with Crippen molar-refractivity contribution in [2.75, 3.05) is 20.3 Å². The molecule has 0 saturated heterocycles. The van der Waals surface area contributed by atoms with Gasteiger partial charge in [0.25, 0.3) is 0 Å². The minimum Gasteiger partial charge on any atom is -0.382 e. The van der Waals surface area contributed by atoms with Gasteiger partial charge in [-0.2, -0.15) is 5.48 Å². The maximum atomic E-state index is 5.51. The van der Waals surface area contributed by atoms with Crippen molar-refractivity contribution in [3.8, 4) is 0 Å². The van der Waals surface area contributed by atoms with E-state index in [1.165, 1.54) is 11.1 Å². The molecular formula is C18H23NO2. The number of hydrogen-bond donors (Lipinski definition) is 1. The zero-order valence-corrected chi connectivity index (χ0v) is 12.5. The van der Waals surface area contributed by atoms with E-state index in [4.69, 9.17) is 9.57 Å². The number of hydrogen-bond acceptors (Lipinski definition) is 3. The van der Waals surface area contributed by atoms with Crippen molar-refractivity contribution >= 4 is 0 Å². The fourth-order valence-corrected chi connectivity index (χ4v) is 2.25. The van der Waals surface area contributed by atoms with Gasteiger partial charge in [0.1, 0.15) is 0 Å². The van der Waals surface area contributed by atoms with Gasteiger partial charge in [-0.05, 0) is 24.0 Å². The van der Waals surface area contributed by atoms with Crippen LogP contribution in [0.15, 0.2) is 60.7 Å². The van der Waals surface area contributed by atoms with Crippen molar-refractivity contribution < 1.29 is 9.57 Å². The summed E-state index contributed by atoms with van der Waals surface area (Å²) in [6.07, 6.45) is 1.87. The first-order chi connectivity index (χ1) is 10.4. The summed E-state index contributed by atoms with van der Waals surface area (Å²) in [5.41, 5.74) is 5.78. The van der Waals surface area contributed by atoms with Crippen molar-refractivity contribution in [1.82, 2.24) is 5.48 Å². The second-order valence-corrected chi connectivity index (χ2v) is 5.04. The second-order valence-electron chi connectivity index (χ2n) is 5.04. The molecule has 0 aliphatic carbocycles. The van der Waals surface area contributed by atoms with Gasteiger partial charge in [0.2, 0.25) is 0 Å². The van der Waals surface area contributed by atoms with Gasteiger partial charge in [-0.25, -0.2) is 0 Å². The highest BCUT2D eigenvalue weighted by molar-refractivity contribution is 5.19. The third kappa shape index (κ3) is 6.08. The van der Waals surface area contributed by atoms with Crippen molar-refractivity contribution in [2.45, 2.75) is 18.9 Å². The molecule has 2 aromatic carbocycles. The van der Waals surface area contributed by atoms with Gasteiger partial charge < -0.3 is 4.74 Å². The average Bonchev–Trinajstić information content (AvgIpc) is 2.53. The maximum Gasteiger partial charge on any atom is 0.0915 e. The van der Waals surface area contributed by atoms with E-state index in [0.717, 1.165) is 12.8 Å². The molecule has 2 rings (SSSR count). The Morgan fingerprint density at radius 1 is 0.810 bits per heavy atom. The number of hydroxylamine groups is 1. The summed E-state index contributed by atoms with van der Waals surface area (Å²) < 4.78 is 5.00. The quantitative estimate of drug-likeness (QED) is 0.567. The standard InChI is InChI=1S/C18H23NO2/c1-20-12-13-21-19-18(14-16-8-4-2-5-9-16)15-17-10-6-3-7-11-17/h2-11,18-19H,12-15H2,1H3. The molecule has 0 bridgehead atoms. The highest BCUT2D eigenvalue weighted by Gasteiger charge is 2.10. The average molecular weight is 285 g/mol. The van der Waals surface area contributed by atoms with Crippen LogP contribution in [0.3, 0.4) is 0 Å². The Morgan fingerprint density at radius 2 is 1.33 bits per heavy atom. The third-order valence-electron chi connectivity index (χ3n) is 3.29. The van der Waals surface area contributed by atoms with Crippen LogP contribution in [0.1, 0.15) is 11.1 Å². The van der Waals surface area contributed by atoms with Gasteiger partial charge in [-0.3, -0.25) is 4.84 Å². The van der Waals surface area contributed by atoms with E-state index in [9.17, 15) is 0 Å². The zero-order valence-electron chi connectivity index (χ0n) is 12.5. The highest BCUT2D eigenvalue weighted by Crippen LogP contribution is 2.09. The molecule has 3 nitrogen and oxygen atoms in total.